The van der Waals surface area contributed by atoms with Gasteiger partial charge in [0, 0.05) is 11.6 Å². The van der Waals surface area contributed by atoms with Crippen LogP contribution in [0.15, 0.2) is 57.6 Å². The highest BCUT2D eigenvalue weighted by Gasteiger charge is 2.15. The van der Waals surface area contributed by atoms with E-state index in [4.69, 9.17) is 5.73 Å². The second-order valence-electron chi connectivity index (χ2n) is 4.93. The number of rotatable bonds is 5. The lowest BCUT2D eigenvalue weighted by atomic mass is 10.2. The van der Waals surface area contributed by atoms with Crippen LogP contribution < -0.4 is 11.2 Å². The molecule has 0 saturated carbocycles. The minimum absolute atomic E-state index is 0.0628. The molecule has 0 amide bonds. The van der Waals surface area contributed by atoms with Crippen LogP contribution in [0.2, 0.25) is 0 Å². The minimum atomic E-state index is -4.09. The molecule has 0 spiro atoms. The fourth-order valence-electron chi connectivity index (χ4n) is 1.67. The molecule has 0 radical (unpaired) electrons. The molecule has 132 valence electrons. The molecule has 0 aliphatic rings. The second-order valence-corrected chi connectivity index (χ2v) is 6.46. The van der Waals surface area contributed by atoms with E-state index in [2.05, 4.69) is 20.0 Å². The smallest absolute Gasteiger partial charge is 0.358 e. The van der Waals surface area contributed by atoms with E-state index < -0.39 is 16.1 Å². The Balaban J connectivity index is 1.99. The third-order valence-electron chi connectivity index (χ3n) is 2.94. The van der Waals surface area contributed by atoms with Gasteiger partial charge >= 0.3 is 10.1 Å². The number of benzene rings is 2. The summed E-state index contributed by atoms with van der Waals surface area (Å²) < 4.78 is 28.3. The first kappa shape index (κ1) is 18.1. The molecule has 0 aromatic heterocycles. The summed E-state index contributed by atoms with van der Waals surface area (Å²) in [6.45, 7) is 1.82. The highest BCUT2D eigenvalue weighted by Crippen LogP contribution is 2.20. The fraction of sp³-hybridized carbons (Fsp3) is 0.0667. The Kier molecular flexibility index (Phi) is 5.45. The first-order valence-corrected chi connectivity index (χ1v) is 8.33. The number of nitrogens with zero attached hydrogens (tertiary/aromatic N) is 2. The molecule has 0 atom stereocenters. The molecule has 5 N–H and O–H groups in total. The first-order chi connectivity index (χ1) is 11.8. The number of nitrogens with one attached hydrogen (secondary N) is 1. The lowest BCUT2D eigenvalue weighted by Crippen LogP contribution is -2.28. The third-order valence-corrected chi connectivity index (χ3v) is 4.06. The monoisotopic (exact) mass is 364 g/mol. The number of guanidine groups is 1. The molecule has 0 heterocycles. The number of hydrogen-bond acceptors (Lipinski definition) is 7. The zero-order valence-electron chi connectivity index (χ0n) is 13.1. The Morgan fingerprint density at radius 2 is 1.88 bits per heavy atom. The highest BCUT2D eigenvalue weighted by molar-refractivity contribution is 7.86. The number of phenols is 2. The summed E-state index contributed by atoms with van der Waals surface area (Å²) in [5.74, 6) is -0.706. The van der Waals surface area contributed by atoms with Gasteiger partial charge < -0.3 is 15.9 Å². The zero-order chi connectivity index (χ0) is 18.4. The third kappa shape index (κ3) is 5.11. The van der Waals surface area contributed by atoms with Gasteiger partial charge in [-0.25, -0.2) is 5.43 Å². The van der Waals surface area contributed by atoms with Crippen LogP contribution in [-0.4, -0.2) is 30.8 Å². The summed E-state index contributed by atoms with van der Waals surface area (Å²) in [6, 6.07) is 9.92. The molecule has 2 aromatic rings. The van der Waals surface area contributed by atoms with Crippen molar-refractivity contribution in [2.45, 2.75) is 11.8 Å². The van der Waals surface area contributed by atoms with Crippen LogP contribution in [0.25, 0.3) is 0 Å². The number of hydrogen-bond donors (Lipinski definition) is 4. The Hall–Kier alpha value is -3.27. The number of aryl methyl sites for hydroxylation is 1. The van der Waals surface area contributed by atoms with E-state index in [-0.39, 0.29) is 16.4 Å². The van der Waals surface area contributed by atoms with Crippen LogP contribution in [0.4, 0.5) is 0 Å². The van der Waals surface area contributed by atoms with Gasteiger partial charge in [0.15, 0.2) is 0 Å². The molecule has 2 aromatic carbocycles. The quantitative estimate of drug-likeness (QED) is 0.351. The summed E-state index contributed by atoms with van der Waals surface area (Å²) >= 11 is 0. The molecule has 25 heavy (non-hydrogen) atoms. The molecule has 9 nitrogen and oxygen atoms in total. The molecule has 0 aliphatic heterocycles. The molecule has 2 rings (SSSR count). The van der Waals surface area contributed by atoms with Gasteiger partial charge in [0.2, 0.25) is 0 Å². The predicted molar refractivity (Wildman–Crippen MR) is 91.6 cm³/mol. The average Bonchev–Trinajstić information content (AvgIpc) is 2.55. The molecular weight excluding hydrogens is 348 g/mol. The van der Waals surface area contributed by atoms with Gasteiger partial charge in [-0.3, -0.25) is 4.28 Å². The molecule has 0 saturated heterocycles. The predicted octanol–water partition coefficient (Wildman–Crippen LogP) is 0.965. The van der Waals surface area contributed by atoms with Crippen molar-refractivity contribution in [1.29, 1.82) is 0 Å². The summed E-state index contributed by atoms with van der Waals surface area (Å²) in [5, 5.41) is 25.7. The molecule has 0 fully saturated rings. The lowest BCUT2D eigenvalue weighted by Gasteiger charge is -2.03. The average molecular weight is 364 g/mol. The topological polar surface area (TPSA) is 147 Å². The molecule has 0 unspecified atom stereocenters. The van der Waals surface area contributed by atoms with E-state index in [9.17, 15) is 18.6 Å². The normalized spacial score (nSPS) is 12.3. The standard InChI is InChI=1S/C15H16N4O5S/c1-10-2-6-13(7-3-10)25(22,23)24-19-15(16)18-17-9-11-4-5-12(20)8-14(11)21/h2-9,20-21H,1H3,(H3,16,18,19). The summed E-state index contributed by atoms with van der Waals surface area (Å²) in [6.07, 6.45) is 1.20. The maximum atomic E-state index is 11.9. The number of phenolic OH excluding ortho intramolecular Hbond substituents is 2. The molecule has 10 heteroatoms. The van der Waals surface area contributed by atoms with Gasteiger partial charge in [-0.05, 0) is 36.3 Å². The van der Waals surface area contributed by atoms with Crippen LogP contribution in [0.3, 0.4) is 0 Å². The largest absolute Gasteiger partial charge is 0.508 e. The van der Waals surface area contributed by atoms with Crippen molar-refractivity contribution >= 4 is 22.3 Å². The maximum Gasteiger partial charge on any atom is 0.358 e. The molecular formula is C15H16N4O5S. The van der Waals surface area contributed by atoms with Crippen LogP contribution in [-0.2, 0) is 14.4 Å². The Morgan fingerprint density at radius 1 is 1.20 bits per heavy atom. The van der Waals surface area contributed by atoms with Crippen molar-refractivity contribution in [2.75, 3.05) is 0 Å². The Morgan fingerprint density at radius 3 is 2.52 bits per heavy atom. The fourth-order valence-corrected chi connectivity index (χ4v) is 2.40. The minimum Gasteiger partial charge on any atom is -0.508 e. The maximum absolute atomic E-state index is 11.9. The molecule has 0 aliphatic carbocycles. The van der Waals surface area contributed by atoms with E-state index >= 15 is 0 Å². The van der Waals surface area contributed by atoms with Gasteiger partial charge in [0.25, 0.3) is 5.96 Å². The number of oxime groups is 1. The van der Waals surface area contributed by atoms with Crippen LogP contribution in [0.5, 0.6) is 11.5 Å². The van der Waals surface area contributed by atoms with Gasteiger partial charge in [0.1, 0.15) is 16.4 Å². The Bertz CT molecular complexity index is 908. The zero-order valence-corrected chi connectivity index (χ0v) is 13.9. The Labute approximate surface area is 144 Å². The van der Waals surface area contributed by atoms with E-state index in [1.165, 1.54) is 30.5 Å². The van der Waals surface area contributed by atoms with Gasteiger partial charge in [-0.1, -0.05) is 17.7 Å². The van der Waals surface area contributed by atoms with Crippen LogP contribution >= 0.6 is 0 Å². The number of nitrogens with two attached hydrogens (primary N) is 1. The van der Waals surface area contributed by atoms with Crippen molar-refractivity contribution in [3.8, 4) is 11.5 Å². The number of hydrazone groups is 1. The van der Waals surface area contributed by atoms with E-state index in [1.54, 1.807) is 12.1 Å². The second kappa shape index (κ2) is 7.53. The van der Waals surface area contributed by atoms with Crippen molar-refractivity contribution in [2.24, 2.45) is 16.0 Å². The van der Waals surface area contributed by atoms with Crippen molar-refractivity contribution in [3.63, 3.8) is 0 Å². The van der Waals surface area contributed by atoms with Crippen molar-refractivity contribution in [3.05, 3.63) is 53.6 Å². The van der Waals surface area contributed by atoms with Gasteiger partial charge in [0.05, 0.1) is 6.21 Å². The molecule has 0 bridgehead atoms. The summed E-state index contributed by atoms with van der Waals surface area (Å²) in [4.78, 5) is -0.0628. The van der Waals surface area contributed by atoms with Gasteiger partial charge in [-0.15, -0.1) is 0 Å². The van der Waals surface area contributed by atoms with E-state index in [1.807, 2.05) is 6.92 Å². The lowest BCUT2D eigenvalue weighted by molar-refractivity contribution is 0.336. The van der Waals surface area contributed by atoms with Crippen LogP contribution in [0.1, 0.15) is 11.1 Å². The highest BCUT2D eigenvalue weighted by atomic mass is 32.2. The summed E-state index contributed by atoms with van der Waals surface area (Å²) in [5.41, 5.74) is 8.88. The summed E-state index contributed by atoms with van der Waals surface area (Å²) in [7, 11) is -4.09. The van der Waals surface area contributed by atoms with E-state index in [0.717, 1.165) is 11.6 Å². The van der Waals surface area contributed by atoms with Crippen molar-refractivity contribution in [1.82, 2.24) is 5.43 Å². The van der Waals surface area contributed by atoms with Crippen molar-refractivity contribution < 1.29 is 22.9 Å². The number of aromatic hydroxyl groups is 2. The van der Waals surface area contributed by atoms with E-state index in [0.29, 0.717) is 5.56 Å². The first-order valence-electron chi connectivity index (χ1n) is 6.93. The van der Waals surface area contributed by atoms with Gasteiger partial charge in [-0.2, -0.15) is 13.5 Å². The van der Waals surface area contributed by atoms with Crippen LogP contribution in [0, 0.1) is 6.92 Å². The SMILES string of the molecule is Cc1ccc(S(=O)(=O)ON=C(N)NN=Cc2ccc(O)cc2O)cc1.